The largest absolute Gasteiger partial charge is 0.326 e. The molecule has 1 unspecified atom stereocenters. The third-order valence-electron chi connectivity index (χ3n) is 5.10. The Morgan fingerprint density at radius 3 is 2.28 bits per heavy atom. The van der Waals surface area contributed by atoms with Crippen molar-refractivity contribution in [1.82, 2.24) is 0 Å². The summed E-state index contributed by atoms with van der Waals surface area (Å²) in [4.78, 5) is 38.7. The van der Waals surface area contributed by atoms with Crippen molar-refractivity contribution in [2.45, 2.75) is 33.6 Å². The Bertz CT molecular complexity index is 906. The second kappa shape index (κ2) is 8.90. The molecular weight excluding hydrogens is 366 g/mol. The second-order valence-corrected chi connectivity index (χ2v) is 7.60. The minimum absolute atomic E-state index is 0.0298. The van der Waals surface area contributed by atoms with Crippen LogP contribution in [0, 0.1) is 11.8 Å². The number of para-hydroxylation sites is 1. The molecule has 1 aliphatic heterocycles. The minimum atomic E-state index is -0.396. The molecule has 3 rings (SSSR count). The van der Waals surface area contributed by atoms with Crippen LogP contribution in [0.3, 0.4) is 0 Å². The van der Waals surface area contributed by atoms with Gasteiger partial charge in [0.1, 0.15) is 0 Å². The standard InChI is InChI=1S/C23H27N3O3/c1-4-16-7-5-6-8-20(16)26-14-17(13-21(26)27)23(29)25-19-11-9-18(10-12-19)24-22(28)15(2)3/h5-12,15,17H,4,13-14H2,1-3H3,(H,24,28)(H,25,29). The lowest BCUT2D eigenvalue weighted by atomic mass is 10.1. The zero-order chi connectivity index (χ0) is 21.0. The van der Waals surface area contributed by atoms with Crippen LogP contribution in [0.15, 0.2) is 48.5 Å². The monoisotopic (exact) mass is 393 g/mol. The first-order valence-electron chi connectivity index (χ1n) is 9.99. The van der Waals surface area contributed by atoms with Crippen LogP contribution in [-0.2, 0) is 20.8 Å². The summed E-state index contributed by atoms with van der Waals surface area (Å²) in [6, 6.07) is 14.8. The average Bonchev–Trinajstić information content (AvgIpc) is 3.11. The number of nitrogens with one attached hydrogen (secondary N) is 2. The van der Waals surface area contributed by atoms with Gasteiger partial charge in [-0.25, -0.2) is 0 Å². The summed E-state index contributed by atoms with van der Waals surface area (Å²) in [5.41, 5.74) is 3.30. The van der Waals surface area contributed by atoms with Crippen molar-refractivity contribution < 1.29 is 14.4 Å². The van der Waals surface area contributed by atoms with Crippen molar-refractivity contribution in [2.24, 2.45) is 11.8 Å². The molecule has 1 atom stereocenters. The predicted octanol–water partition coefficient (Wildman–Crippen LogP) is 3.84. The predicted molar refractivity (Wildman–Crippen MR) is 115 cm³/mol. The van der Waals surface area contributed by atoms with Gasteiger partial charge in [0.05, 0.1) is 5.92 Å². The van der Waals surface area contributed by atoms with Crippen LogP contribution in [0.1, 0.15) is 32.8 Å². The number of carbonyl (C=O) groups is 3. The van der Waals surface area contributed by atoms with Gasteiger partial charge in [0.25, 0.3) is 0 Å². The quantitative estimate of drug-likeness (QED) is 0.783. The summed E-state index contributed by atoms with van der Waals surface area (Å²) in [5, 5.41) is 5.69. The van der Waals surface area contributed by atoms with E-state index in [2.05, 4.69) is 17.6 Å². The van der Waals surface area contributed by atoms with E-state index in [4.69, 9.17) is 0 Å². The number of carbonyl (C=O) groups excluding carboxylic acids is 3. The molecule has 29 heavy (non-hydrogen) atoms. The SMILES string of the molecule is CCc1ccccc1N1CC(C(=O)Nc2ccc(NC(=O)C(C)C)cc2)CC1=O. The summed E-state index contributed by atoms with van der Waals surface area (Å²) in [6.07, 6.45) is 1.03. The van der Waals surface area contributed by atoms with Gasteiger partial charge < -0.3 is 15.5 Å². The Morgan fingerprint density at radius 1 is 1.03 bits per heavy atom. The van der Waals surface area contributed by atoms with E-state index in [1.807, 2.05) is 38.1 Å². The lowest BCUT2D eigenvalue weighted by Crippen LogP contribution is -2.28. The summed E-state index contributed by atoms with van der Waals surface area (Å²) in [5.74, 6) is -0.756. The fourth-order valence-electron chi connectivity index (χ4n) is 3.36. The third-order valence-corrected chi connectivity index (χ3v) is 5.10. The average molecular weight is 393 g/mol. The molecule has 1 fully saturated rings. The van der Waals surface area contributed by atoms with Gasteiger partial charge >= 0.3 is 0 Å². The zero-order valence-electron chi connectivity index (χ0n) is 17.1. The Hall–Kier alpha value is -3.15. The Morgan fingerprint density at radius 2 is 1.66 bits per heavy atom. The van der Waals surface area contributed by atoms with Gasteiger partial charge in [-0.3, -0.25) is 14.4 Å². The summed E-state index contributed by atoms with van der Waals surface area (Å²) >= 11 is 0. The van der Waals surface area contributed by atoms with Crippen LogP contribution < -0.4 is 15.5 Å². The Kier molecular flexibility index (Phi) is 6.32. The Labute approximate surface area is 171 Å². The van der Waals surface area contributed by atoms with Gasteiger partial charge in [-0.15, -0.1) is 0 Å². The first kappa shape index (κ1) is 20.6. The number of hydrogen-bond donors (Lipinski definition) is 2. The molecular formula is C23H27N3O3. The fourth-order valence-corrected chi connectivity index (χ4v) is 3.36. The van der Waals surface area contributed by atoms with E-state index >= 15 is 0 Å². The fraction of sp³-hybridized carbons (Fsp3) is 0.348. The molecule has 1 heterocycles. The molecule has 1 aliphatic rings. The lowest BCUT2D eigenvalue weighted by molar-refractivity contribution is -0.122. The third kappa shape index (κ3) is 4.83. The van der Waals surface area contributed by atoms with Crippen LogP contribution in [-0.4, -0.2) is 24.3 Å². The number of hydrogen-bond acceptors (Lipinski definition) is 3. The molecule has 0 spiro atoms. The number of aryl methyl sites for hydroxylation is 1. The zero-order valence-corrected chi connectivity index (χ0v) is 17.1. The smallest absolute Gasteiger partial charge is 0.229 e. The van der Waals surface area contributed by atoms with Crippen molar-refractivity contribution in [1.29, 1.82) is 0 Å². The van der Waals surface area contributed by atoms with E-state index in [0.29, 0.717) is 17.9 Å². The van der Waals surface area contributed by atoms with E-state index in [0.717, 1.165) is 17.7 Å². The van der Waals surface area contributed by atoms with Gasteiger partial charge in [0.15, 0.2) is 0 Å². The first-order valence-corrected chi connectivity index (χ1v) is 9.99. The normalized spacial score (nSPS) is 16.2. The number of nitrogens with zero attached hydrogens (tertiary/aromatic N) is 1. The van der Waals surface area contributed by atoms with Crippen molar-refractivity contribution in [2.75, 3.05) is 22.1 Å². The van der Waals surface area contributed by atoms with E-state index in [1.54, 1.807) is 29.2 Å². The second-order valence-electron chi connectivity index (χ2n) is 7.60. The maximum Gasteiger partial charge on any atom is 0.229 e. The highest BCUT2D eigenvalue weighted by atomic mass is 16.2. The van der Waals surface area contributed by atoms with Crippen molar-refractivity contribution in [3.63, 3.8) is 0 Å². The van der Waals surface area contributed by atoms with E-state index < -0.39 is 5.92 Å². The number of rotatable bonds is 6. The van der Waals surface area contributed by atoms with Crippen LogP contribution in [0.2, 0.25) is 0 Å². The summed E-state index contributed by atoms with van der Waals surface area (Å²) in [7, 11) is 0. The molecule has 2 aromatic carbocycles. The molecule has 0 bridgehead atoms. The summed E-state index contributed by atoms with van der Waals surface area (Å²) in [6.45, 7) is 6.09. The first-order chi connectivity index (χ1) is 13.9. The molecule has 0 aliphatic carbocycles. The van der Waals surface area contributed by atoms with Crippen LogP contribution in [0.5, 0.6) is 0 Å². The maximum atomic E-state index is 12.7. The molecule has 1 saturated heterocycles. The molecule has 6 nitrogen and oxygen atoms in total. The highest BCUT2D eigenvalue weighted by molar-refractivity contribution is 6.04. The molecule has 2 N–H and O–H groups in total. The van der Waals surface area contributed by atoms with Crippen LogP contribution in [0.4, 0.5) is 17.1 Å². The molecule has 0 saturated carbocycles. The van der Waals surface area contributed by atoms with Gasteiger partial charge in [-0.1, -0.05) is 39.0 Å². The molecule has 152 valence electrons. The van der Waals surface area contributed by atoms with E-state index in [1.165, 1.54) is 0 Å². The highest BCUT2D eigenvalue weighted by Gasteiger charge is 2.35. The van der Waals surface area contributed by atoms with Gasteiger partial charge in [-0.05, 0) is 42.3 Å². The number of anilines is 3. The van der Waals surface area contributed by atoms with Gasteiger partial charge in [0, 0.05) is 35.9 Å². The number of benzene rings is 2. The lowest BCUT2D eigenvalue weighted by Gasteiger charge is -2.20. The Balaban J connectivity index is 1.63. The van der Waals surface area contributed by atoms with E-state index in [-0.39, 0.29) is 30.1 Å². The summed E-state index contributed by atoms with van der Waals surface area (Å²) < 4.78 is 0. The van der Waals surface area contributed by atoms with Crippen LogP contribution >= 0.6 is 0 Å². The molecule has 0 aromatic heterocycles. The maximum absolute atomic E-state index is 12.7. The highest BCUT2D eigenvalue weighted by Crippen LogP contribution is 2.29. The van der Waals surface area contributed by atoms with Gasteiger partial charge in [-0.2, -0.15) is 0 Å². The topological polar surface area (TPSA) is 78.5 Å². The van der Waals surface area contributed by atoms with E-state index in [9.17, 15) is 14.4 Å². The molecule has 0 radical (unpaired) electrons. The van der Waals surface area contributed by atoms with Crippen molar-refractivity contribution in [3.8, 4) is 0 Å². The van der Waals surface area contributed by atoms with Crippen molar-refractivity contribution >= 4 is 34.8 Å². The van der Waals surface area contributed by atoms with Crippen LogP contribution in [0.25, 0.3) is 0 Å². The molecule has 6 heteroatoms. The molecule has 2 aromatic rings. The molecule has 3 amide bonds. The number of amides is 3. The van der Waals surface area contributed by atoms with Gasteiger partial charge in [0.2, 0.25) is 17.7 Å². The minimum Gasteiger partial charge on any atom is -0.326 e. The van der Waals surface area contributed by atoms with Crippen molar-refractivity contribution in [3.05, 3.63) is 54.1 Å².